The minimum atomic E-state index is 0.126. The summed E-state index contributed by atoms with van der Waals surface area (Å²) in [6.07, 6.45) is 2.46. The fourth-order valence-corrected chi connectivity index (χ4v) is 2.16. The molecule has 102 valence electrons. The zero-order valence-corrected chi connectivity index (χ0v) is 12.5. The molecule has 0 unspecified atom stereocenters. The summed E-state index contributed by atoms with van der Waals surface area (Å²) in [6, 6.07) is 0. The standard InChI is InChI=1S/C12H24N2O.C2H6/c1-10(2)12(15)14(4)9-11-5-7-13(3)8-6-11;1-2/h10-11H,5-9H2,1-4H3;1-2H3. The SMILES string of the molecule is CC.CC(C)C(=O)N(C)CC1CCN(C)CC1. The number of carbonyl (C=O) groups is 1. The van der Waals surface area contributed by atoms with Crippen LogP contribution in [0.1, 0.15) is 40.5 Å². The Balaban J connectivity index is 0.00000121. The molecule has 3 heteroatoms. The van der Waals surface area contributed by atoms with Gasteiger partial charge in [-0.15, -0.1) is 0 Å². The van der Waals surface area contributed by atoms with E-state index in [4.69, 9.17) is 0 Å². The number of likely N-dealkylation sites (tertiary alicyclic amines) is 1. The predicted molar refractivity (Wildman–Crippen MR) is 74.0 cm³/mol. The smallest absolute Gasteiger partial charge is 0.224 e. The van der Waals surface area contributed by atoms with E-state index in [1.54, 1.807) is 0 Å². The minimum Gasteiger partial charge on any atom is -0.345 e. The van der Waals surface area contributed by atoms with Crippen LogP contribution in [0.3, 0.4) is 0 Å². The molecule has 0 N–H and O–H groups in total. The van der Waals surface area contributed by atoms with Crippen molar-refractivity contribution in [3.63, 3.8) is 0 Å². The van der Waals surface area contributed by atoms with Crippen molar-refractivity contribution in [3.8, 4) is 0 Å². The van der Waals surface area contributed by atoms with Gasteiger partial charge in [0.15, 0.2) is 0 Å². The fraction of sp³-hybridized carbons (Fsp3) is 0.929. The van der Waals surface area contributed by atoms with Crippen molar-refractivity contribution < 1.29 is 4.79 Å². The molecule has 1 aliphatic heterocycles. The average Bonchev–Trinajstić information content (AvgIpc) is 2.33. The van der Waals surface area contributed by atoms with Crippen LogP contribution in [0.25, 0.3) is 0 Å². The first-order valence-electron chi connectivity index (χ1n) is 6.94. The van der Waals surface area contributed by atoms with E-state index in [0.29, 0.717) is 5.92 Å². The van der Waals surface area contributed by atoms with Gasteiger partial charge in [0.05, 0.1) is 0 Å². The molecule has 0 bridgehead atoms. The quantitative estimate of drug-likeness (QED) is 0.759. The molecular formula is C14H30N2O. The molecule has 0 aromatic heterocycles. The molecule has 17 heavy (non-hydrogen) atoms. The van der Waals surface area contributed by atoms with E-state index < -0.39 is 0 Å². The Morgan fingerprint density at radius 1 is 1.29 bits per heavy atom. The zero-order valence-electron chi connectivity index (χ0n) is 12.5. The molecule has 0 radical (unpaired) electrons. The Morgan fingerprint density at radius 2 is 1.76 bits per heavy atom. The molecule has 1 rings (SSSR count). The first-order valence-corrected chi connectivity index (χ1v) is 6.94. The monoisotopic (exact) mass is 242 g/mol. The van der Waals surface area contributed by atoms with Crippen LogP contribution in [-0.2, 0) is 4.79 Å². The van der Waals surface area contributed by atoms with E-state index in [0.717, 1.165) is 6.54 Å². The van der Waals surface area contributed by atoms with Crippen LogP contribution >= 0.6 is 0 Å². The van der Waals surface area contributed by atoms with Crippen LogP contribution in [-0.4, -0.2) is 49.4 Å². The average molecular weight is 242 g/mol. The van der Waals surface area contributed by atoms with Crippen LogP contribution in [0.2, 0.25) is 0 Å². The Kier molecular flexibility index (Phi) is 8.23. The van der Waals surface area contributed by atoms with Gasteiger partial charge in [-0.25, -0.2) is 0 Å². The normalized spacial score (nSPS) is 17.6. The molecule has 1 aliphatic rings. The lowest BCUT2D eigenvalue weighted by molar-refractivity contribution is -0.133. The van der Waals surface area contributed by atoms with Crippen molar-refractivity contribution in [2.24, 2.45) is 11.8 Å². The van der Waals surface area contributed by atoms with Gasteiger partial charge in [-0.05, 0) is 38.9 Å². The first-order chi connectivity index (χ1) is 8.00. The summed E-state index contributed by atoms with van der Waals surface area (Å²) in [5.41, 5.74) is 0. The number of nitrogens with zero attached hydrogens (tertiary/aromatic N) is 2. The van der Waals surface area contributed by atoms with E-state index in [2.05, 4.69) is 11.9 Å². The van der Waals surface area contributed by atoms with E-state index >= 15 is 0 Å². The summed E-state index contributed by atoms with van der Waals surface area (Å²) < 4.78 is 0. The van der Waals surface area contributed by atoms with Gasteiger partial charge in [-0.3, -0.25) is 4.79 Å². The van der Waals surface area contributed by atoms with Gasteiger partial charge in [-0.1, -0.05) is 27.7 Å². The summed E-state index contributed by atoms with van der Waals surface area (Å²) in [5, 5.41) is 0. The number of carbonyl (C=O) groups excluding carboxylic acids is 1. The van der Waals surface area contributed by atoms with E-state index in [-0.39, 0.29) is 11.8 Å². The maximum atomic E-state index is 11.7. The molecule has 1 heterocycles. The van der Waals surface area contributed by atoms with Crippen LogP contribution in [0.5, 0.6) is 0 Å². The maximum absolute atomic E-state index is 11.7. The van der Waals surface area contributed by atoms with Gasteiger partial charge in [0.2, 0.25) is 5.91 Å². The summed E-state index contributed by atoms with van der Waals surface area (Å²) in [7, 11) is 4.10. The fourth-order valence-electron chi connectivity index (χ4n) is 2.16. The minimum absolute atomic E-state index is 0.126. The predicted octanol–water partition coefficient (Wildman–Crippen LogP) is 2.47. The second-order valence-electron chi connectivity index (χ2n) is 5.12. The number of amides is 1. The van der Waals surface area contributed by atoms with Gasteiger partial charge in [-0.2, -0.15) is 0 Å². The zero-order chi connectivity index (χ0) is 13.4. The van der Waals surface area contributed by atoms with Gasteiger partial charge in [0.1, 0.15) is 0 Å². The number of rotatable bonds is 3. The van der Waals surface area contributed by atoms with Crippen molar-refractivity contribution in [3.05, 3.63) is 0 Å². The van der Waals surface area contributed by atoms with E-state index in [1.807, 2.05) is 39.6 Å². The van der Waals surface area contributed by atoms with Crippen LogP contribution < -0.4 is 0 Å². The topological polar surface area (TPSA) is 23.6 Å². The third kappa shape index (κ3) is 6.06. The molecule has 0 atom stereocenters. The molecule has 1 amide bonds. The maximum Gasteiger partial charge on any atom is 0.224 e. The van der Waals surface area contributed by atoms with Crippen molar-refractivity contribution in [1.29, 1.82) is 0 Å². The lowest BCUT2D eigenvalue weighted by Gasteiger charge is -2.32. The van der Waals surface area contributed by atoms with Gasteiger partial charge < -0.3 is 9.80 Å². The Labute approximate surface area is 107 Å². The van der Waals surface area contributed by atoms with Crippen molar-refractivity contribution in [2.75, 3.05) is 33.7 Å². The molecular weight excluding hydrogens is 212 g/mol. The highest BCUT2D eigenvalue weighted by Crippen LogP contribution is 2.17. The second-order valence-corrected chi connectivity index (χ2v) is 5.12. The van der Waals surface area contributed by atoms with Crippen LogP contribution in [0.4, 0.5) is 0 Å². The second kappa shape index (κ2) is 8.51. The van der Waals surface area contributed by atoms with Gasteiger partial charge in [0.25, 0.3) is 0 Å². The summed E-state index contributed by atoms with van der Waals surface area (Å²) in [6.45, 7) is 11.2. The third-order valence-corrected chi connectivity index (χ3v) is 3.24. The molecule has 3 nitrogen and oxygen atoms in total. The highest BCUT2D eigenvalue weighted by Gasteiger charge is 2.21. The Morgan fingerprint density at radius 3 is 2.18 bits per heavy atom. The van der Waals surface area contributed by atoms with Crippen molar-refractivity contribution >= 4 is 5.91 Å². The molecule has 0 aliphatic carbocycles. The molecule has 1 fully saturated rings. The van der Waals surface area contributed by atoms with Crippen LogP contribution in [0.15, 0.2) is 0 Å². The summed E-state index contributed by atoms with van der Waals surface area (Å²) >= 11 is 0. The van der Waals surface area contributed by atoms with Gasteiger partial charge >= 0.3 is 0 Å². The number of hydrogen-bond acceptors (Lipinski definition) is 2. The number of hydrogen-bond donors (Lipinski definition) is 0. The third-order valence-electron chi connectivity index (χ3n) is 3.24. The lowest BCUT2D eigenvalue weighted by atomic mass is 9.96. The van der Waals surface area contributed by atoms with Crippen molar-refractivity contribution in [1.82, 2.24) is 9.80 Å². The highest BCUT2D eigenvalue weighted by atomic mass is 16.2. The van der Waals surface area contributed by atoms with E-state index in [9.17, 15) is 4.79 Å². The number of piperidine rings is 1. The largest absolute Gasteiger partial charge is 0.345 e. The molecule has 0 aromatic rings. The van der Waals surface area contributed by atoms with E-state index in [1.165, 1.54) is 25.9 Å². The molecule has 0 saturated carbocycles. The van der Waals surface area contributed by atoms with Crippen LogP contribution in [0, 0.1) is 11.8 Å². The van der Waals surface area contributed by atoms with Crippen molar-refractivity contribution in [2.45, 2.75) is 40.5 Å². The van der Waals surface area contributed by atoms with Gasteiger partial charge in [0, 0.05) is 19.5 Å². The summed E-state index contributed by atoms with van der Waals surface area (Å²) in [5.74, 6) is 1.10. The Hall–Kier alpha value is -0.570. The lowest BCUT2D eigenvalue weighted by Crippen LogP contribution is -2.39. The molecule has 0 spiro atoms. The Bertz CT molecular complexity index is 208. The first kappa shape index (κ1) is 16.4. The molecule has 0 aromatic carbocycles. The highest BCUT2D eigenvalue weighted by molar-refractivity contribution is 5.77. The molecule has 1 saturated heterocycles. The summed E-state index contributed by atoms with van der Waals surface area (Å²) in [4.78, 5) is 16.0.